The number of aliphatic hydroxyl groups excluding tert-OH is 3. The smallest absolute Gasteiger partial charge is 0.159 e. The van der Waals surface area contributed by atoms with E-state index < -0.39 is 40.3 Å². The number of carbonyl (C=O) groups excluding carboxylic acids is 1. The number of allylic oxidation sites excluding steroid dienone is 1. The Morgan fingerprint density at radius 2 is 1.76 bits per heavy atom. The maximum Gasteiger partial charge on any atom is 0.159 e. The van der Waals surface area contributed by atoms with Gasteiger partial charge in [-0.25, -0.2) is 0 Å². The second-order valence-corrected chi connectivity index (χ2v) is 12.8. The largest absolute Gasteiger partial charge is 0.390 e. The summed E-state index contributed by atoms with van der Waals surface area (Å²) in [4.78, 5) is 13.2. The summed E-state index contributed by atoms with van der Waals surface area (Å²) >= 11 is 0. The van der Waals surface area contributed by atoms with Gasteiger partial charge >= 0.3 is 0 Å². The summed E-state index contributed by atoms with van der Waals surface area (Å²) in [5.41, 5.74) is -2.98. The zero-order valence-corrected chi connectivity index (χ0v) is 20.9. The molecule has 3 saturated carbocycles. The molecule has 6 heteroatoms. The quantitative estimate of drug-likeness (QED) is 0.427. The second-order valence-electron chi connectivity index (χ2n) is 12.8. The molecule has 0 aliphatic heterocycles. The fourth-order valence-electron chi connectivity index (χ4n) is 8.32. The average molecular weight is 465 g/mol. The molecule has 0 bridgehead atoms. The molecule has 4 aliphatic rings. The van der Waals surface area contributed by atoms with Crippen molar-refractivity contribution in [3.8, 4) is 0 Å². The highest BCUT2D eigenvalue weighted by molar-refractivity contribution is 5.95. The van der Waals surface area contributed by atoms with Gasteiger partial charge in [0.1, 0.15) is 0 Å². The molecule has 0 aromatic heterocycles. The lowest BCUT2D eigenvalue weighted by atomic mass is 9.45. The lowest BCUT2D eigenvalue weighted by Gasteiger charge is -2.60. The Hall–Kier alpha value is -0.790. The Kier molecular flexibility index (Phi) is 6.23. The van der Waals surface area contributed by atoms with E-state index in [1.807, 2.05) is 13.8 Å². The molecule has 33 heavy (non-hydrogen) atoms. The van der Waals surface area contributed by atoms with Gasteiger partial charge in [-0.2, -0.15) is 0 Å². The summed E-state index contributed by atoms with van der Waals surface area (Å²) in [7, 11) is 0. The van der Waals surface area contributed by atoms with Crippen LogP contribution in [0.25, 0.3) is 0 Å². The molecule has 0 saturated heterocycles. The van der Waals surface area contributed by atoms with Gasteiger partial charge in [0, 0.05) is 11.3 Å². The molecule has 0 radical (unpaired) electrons. The minimum absolute atomic E-state index is 0.0463. The predicted molar refractivity (Wildman–Crippen MR) is 125 cm³/mol. The van der Waals surface area contributed by atoms with Crippen LogP contribution in [0.5, 0.6) is 0 Å². The first-order valence-corrected chi connectivity index (χ1v) is 12.9. The Labute approximate surface area is 198 Å². The van der Waals surface area contributed by atoms with Crippen LogP contribution in [0.15, 0.2) is 11.6 Å². The van der Waals surface area contributed by atoms with E-state index in [0.29, 0.717) is 38.0 Å². The van der Waals surface area contributed by atoms with Crippen molar-refractivity contribution in [2.75, 3.05) is 0 Å². The van der Waals surface area contributed by atoms with E-state index in [0.717, 1.165) is 18.4 Å². The van der Waals surface area contributed by atoms with Gasteiger partial charge in [0.05, 0.1) is 29.5 Å². The molecule has 4 rings (SSSR count). The van der Waals surface area contributed by atoms with Crippen LogP contribution < -0.4 is 0 Å². The highest BCUT2D eigenvalue weighted by Gasteiger charge is 2.69. The first-order chi connectivity index (χ1) is 15.2. The number of rotatable bonds is 5. The topological polar surface area (TPSA) is 118 Å². The van der Waals surface area contributed by atoms with Gasteiger partial charge < -0.3 is 25.5 Å². The zero-order chi connectivity index (χ0) is 24.6. The van der Waals surface area contributed by atoms with Gasteiger partial charge in [0.15, 0.2) is 5.78 Å². The number of hydrogen-bond donors (Lipinski definition) is 5. The van der Waals surface area contributed by atoms with Gasteiger partial charge in [0.25, 0.3) is 0 Å². The van der Waals surface area contributed by atoms with Crippen LogP contribution in [-0.2, 0) is 4.79 Å². The minimum atomic E-state index is -1.34. The second kappa shape index (κ2) is 8.12. The van der Waals surface area contributed by atoms with Gasteiger partial charge in [-0.3, -0.25) is 4.79 Å². The van der Waals surface area contributed by atoms with Crippen molar-refractivity contribution in [3.05, 3.63) is 11.6 Å². The van der Waals surface area contributed by atoms with Crippen LogP contribution in [0.2, 0.25) is 0 Å². The van der Waals surface area contributed by atoms with Gasteiger partial charge in [-0.1, -0.05) is 27.7 Å². The van der Waals surface area contributed by atoms with Gasteiger partial charge in [-0.15, -0.1) is 0 Å². The van der Waals surface area contributed by atoms with E-state index >= 15 is 0 Å². The normalized spacial score (nSPS) is 47.9. The van der Waals surface area contributed by atoms with E-state index in [4.69, 9.17) is 0 Å². The summed E-state index contributed by atoms with van der Waals surface area (Å²) in [6.07, 6.45) is 3.39. The molecule has 0 amide bonds. The van der Waals surface area contributed by atoms with Crippen molar-refractivity contribution < 1.29 is 30.3 Å². The molecule has 0 aromatic carbocycles. The Morgan fingerprint density at radius 3 is 2.39 bits per heavy atom. The highest BCUT2D eigenvalue weighted by Crippen LogP contribution is 2.68. The van der Waals surface area contributed by atoms with Crippen molar-refractivity contribution in [1.82, 2.24) is 0 Å². The molecule has 4 aliphatic carbocycles. The molecule has 188 valence electrons. The van der Waals surface area contributed by atoms with Crippen LogP contribution >= 0.6 is 0 Å². The fraction of sp³-hybridized carbons (Fsp3) is 0.889. The predicted octanol–water partition coefficient (Wildman–Crippen LogP) is 2.74. The average Bonchev–Trinajstić information content (AvgIpc) is 3.00. The maximum absolute atomic E-state index is 13.2. The number of aliphatic hydroxyl groups is 5. The van der Waals surface area contributed by atoms with Crippen molar-refractivity contribution in [2.24, 2.45) is 34.5 Å². The molecule has 0 heterocycles. The molecule has 0 spiro atoms. The number of carbonyl (C=O) groups is 1. The molecule has 5 N–H and O–H groups in total. The molecular weight excluding hydrogens is 420 g/mol. The summed E-state index contributed by atoms with van der Waals surface area (Å²) in [6, 6.07) is 0. The van der Waals surface area contributed by atoms with Crippen molar-refractivity contribution >= 4 is 5.78 Å². The van der Waals surface area contributed by atoms with Crippen LogP contribution in [0.3, 0.4) is 0 Å². The summed E-state index contributed by atoms with van der Waals surface area (Å²) in [5.74, 6) is -0.331. The lowest BCUT2D eigenvalue weighted by Crippen LogP contribution is -2.62. The number of ketones is 1. The SMILES string of the molecule is CC(C)CC[C@@H](O)C(C)(O)[C@H]1CCC2(O)C3=CC(=O)[C@@H]4C[C@@H](O)[C@@H](O)C[C@]4(C)[C@H]3CC[C@]12C. The molecule has 0 aromatic rings. The monoisotopic (exact) mass is 464 g/mol. The summed E-state index contributed by atoms with van der Waals surface area (Å²) in [5, 5.41) is 55.4. The molecule has 10 atom stereocenters. The van der Waals surface area contributed by atoms with Crippen molar-refractivity contribution in [3.63, 3.8) is 0 Å². The van der Waals surface area contributed by atoms with E-state index in [1.165, 1.54) is 0 Å². The van der Waals surface area contributed by atoms with E-state index in [2.05, 4.69) is 13.8 Å². The Bertz CT molecular complexity index is 819. The van der Waals surface area contributed by atoms with Crippen LogP contribution in [0.4, 0.5) is 0 Å². The number of hydrogen-bond acceptors (Lipinski definition) is 6. The standard InChI is InChI=1S/C27H44O6/c1-15(2)6-7-23(31)26(5,32)22-9-11-27(33)17-12-19(28)18-13-20(29)21(30)14-24(18,3)16(17)8-10-25(22,27)4/h12,15-16,18,20-23,29-33H,6-11,13-14H2,1-5H3/t16-,18-,20+,21-,22-,23+,24+,25+,26?,27?/m0/s1. The van der Waals surface area contributed by atoms with E-state index in [9.17, 15) is 30.3 Å². The third-order valence-corrected chi connectivity index (χ3v) is 10.5. The Balaban J connectivity index is 1.68. The Morgan fingerprint density at radius 1 is 1.09 bits per heavy atom. The first-order valence-electron chi connectivity index (χ1n) is 12.9. The first kappa shape index (κ1) is 25.3. The van der Waals surface area contributed by atoms with Gasteiger partial charge in [-0.05, 0) is 93.1 Å². The third-order valence-electron chi connectivity index (χ3n) is 10.5. The molecular formula is C27H44O6. The van der Waals surface area contributed by atoms with Gasteiger partial charge in [0.2, 0.25) is 0 Å². The van der Waals surface area contributed by atoms with Crippen LogP contribution in [0, 0.1) is 34.5 Å². The van der Waals surface area contributed by atoms with E-state index in [1.54, 1.807) is 13.0 Å². The minimum Gasteiger partial charge on any atom is -0.390 e. The van der Waals surface area contributed by atoms with Crippen molar-refractivity contribution in [2.45, 2.75) is 115 Å². The van der Waals surface area contributed by atoms with Crippen LogP contribution in [-0.4, -0.2) is 60.8 Å². The number of fused-ring (bicyclic) bond motifs is 5. The molecule has 2 unspecified atom stereocenters. The van der Waals surface area contributed by atoms with Crippen LogP contribution in [0.1, 0.15) is 86.0 Å². The van der Waals surface area contributed by atoms with Crippen molar-refractivity contribution in [1.29, 1.82) is 0 Å². The maximum atomic E-state index is 13.2. The van der Waals surface area contributed by atoms with E-state index in [-0.39, 0.29) is 30.0 Å². The lowest BCUT2D eigenvalue weighted by molar-refractivity contribution is -0.176. The summed E-state index contributed by atoms with van der Waals surface area (Å²) in [6.45, 7) is 9.96. The third kappa shape index (κ3) is 3.58. The zero-order valence-electron chi connectivity index (χ0n) is 20.9. The highest BCUT2D eigenvalue weighted by atomic mass is 16.3. The molecule has 3 fully saturated rings. The summed E-state index contributed by atoms with van der Waals surface area (Å²) < 4.78 is 0. The fourth-order valence-corrected chi connectivity index (χ4v) is 8.32. The molecule has 6 nitrogen and oxygen atoms in total.